The molecule has 10 heterocycles. The summed E-state index contributed by atoms with van der Waals surface area (Å²) in [5.74, 6) is 3.23. The molecule has 0 radical (unpaired) electrons. The van der Waals surface area contributed by atoms with Crippen molar-refractivity contribution in [3.8, 4) is 22.8 Å². The number of aromatic nitrogens is 8. The summed E-state index contributed by atoms with van der Waals surface area (Å²) in [5.41, 5.74) is 6.90. The minimum Gasteiger partial charge on any atom is -0.396 e. The third-order valence-electron chi connectivity index (χ3n) is 13.9. The van der Waals surface area contributed by atoms with Crippen LogP contribution in [0.4, 0.5) is 32.1 Å². The highest BCUT2D eigenvalue weighted by Crippen LogP contribution is 2.37. The van der Waals surface area contributed by atoms with Gasteiger partial charge in [-0.1, -0.05) is 52.3 Å². The van der Waals surface area contributed by atoms with E-state index >= 15 is 0 Å². The highest BCUT2D eigenvalue weighted by Gasteiger charge is 2.30. The van der Waals surface area contributed by atoms with Crippen molar-refractivity contribution in [3.63, 3.8) is 0 Å². The third kappa shape index (κ3) is 11.5. The molecule has 3 N–H and O–H groups in total. The van der Waals surface area contributed by atoms with E-state index in [2.05, 4.69) is 61.8 Å². The fourth-order valence-electron chi connectivity index (χ4n) is 10.3. The Hall–Kier alpha value is -6.64. The molecule has 0 saturated carbocycles. The van der Waals surface area contributed by atoms with Crippen molar-refractivity contribution < 1.29 is 19.0 Å². The first-order valence-corrected chi connectivity index (χ1v) is 26.4. The number of pyridine rings is 2. The van der Waals surface area contributed by atoms with Crippen molar-refractivity contribution in [1.29, 1.82) is 0 Å². The molecule has 4 fully saturated rings. The number of anilines is 4. The molecule has 73 heavy (non-hydrogen) atoms. The number of aliphatic hydroxyl groups is 2. The topological polar surface area (TPSA) is 155 Å². The van der Waals surface area contributed by atoms with E-state index in [-0.39, 0.29) is 36.9 Å². The number of piperazine rings is 2. The van der Waals surface area contributed by atoms with E-state index in [9.17, 15) is 13.9 Å². The van der Waals surface area contributed by atoms with Gasteiger partial charge in [0.25, 0.3) is 0 Å². The van der Waals surface area contributed by atoms with Crippen LogP contribution in [0.3, 0.4) is 0 Å². The lowest BCUT2D eigenvalue weighted by atomic mass is 10.0. The fourth-order valence-corrected chi connectivity index (χ4v) is 10.3. The largest absolute Gasteiger partial charge is 0.396 e. The Labute approximate surface area is 432 Å². The number of fused-ring (bicyclic) bond motifs is 2. The van der Waals surface area contributed by atoms with Gasteiger partial charge in [0, 0.05) is 77.3 Å². The number of alkyl halides is 1. The quantitative estimate of drug-likeness (QED) is 0.110. The van der Waals surface area contributed by atoms with Crippen LogP contribution < -0.4 is 24.9 Å². The van der Waals surface area contributed by atoms with Gasteiger partial charge in [0.1, 0.15) is 46.3 Å². The zero-order valence-corrected chi connectivity index (χ0v) is 42.4. The van der Waals surface area contributed by atoms with Gasteiger partial charge in [0.2, 0.25) is 0 Å². The van der Waals surface area contributed by atoms with E-state index in [0.29, 0.717) is 11.9 Å². The molecule has 4 saturated heterocycles. The third-order valence-corrected chi connectivity index (χ3v) is 14.2. The van der Waals surface area contributed by atoms with Crippen molar-refractivity contribution in [2.75, 3.05) is 110 Å². The van der Waals surface area contributed by atoms with Gasteiger partial charge in [-0.05, 0) is 110 Å². The smallest absolute Gasteiger partial charge is 0.154 e. The molecule has 16 nitrogen and oxygen atoms in total. The molecule has 12 rings (SSSR count). The molecule has 0 spiro atoms. The molecule has 2 aromatic carbocycles. The number of hydrogen-bond donors (Lipinski definition) is 3. The van der Waals surface area contributed by atoms with Crippen molar-refractivity contribution in [2.24, 2.45) is 0 Å². The summed E-state index contributed by atoms with van der Waals surface area (Å²) in [6.45, 7) is 10.3. The zero-order valence-electron chi connectivity index (χ0n) is 40.8. The standard InChI is InChI=1S/C27H30FN7O.C25H26FN7.C2H5BrO/c28-21-5-1-4-20(18-21)23-7-3-11-34(23)27-10-9-25-29-19-24(35(25)31-27)22-6-2-8-26(30-22)33-14-12-32(13-15-33)16-17-36;26-19-5-1-4-18(16-19)21-7-3-13-32(21)25-10-9-23-28-17-22(33(23)30-25)20-6-2-8-24(29-20)31-14-11-27-12-15-31;3-1-2-4/h1-2,4-6,8-10,18-19,23,36H,3,7,11-17H2;1-2,4-6,8-10,16-17,21,27H,3,7,11-15H2;4H,1-2H2/t23-;21-;/m11./s1. The van der Waals surface area contributed by atoms with Gasteiger partial charge in [-0.2, -0.15) is 0 Å². The van der Waals surface area contributed by atoms with Crippen LogP contribution in [0.1, 0.15) is 48.9 Å². The molecule has 0 bridgehead atoms. The summed E-state index contributed by atoms with van der Waals surface area (Å²) < 4.78 is 31.5. The first-order valence-electron chi connectivity index (χ1n) is 25.3. The van der Waals surface area contributed by atoms with Crippen LogP contribution >= 0.6 is 15.9 Å². The average Bonchev–Trinajstić information content (AvgIpc) is 4.29. The molecular weight excluding hydrogens is 995 g/mol. The number of benzene rings is 2. The summed E-state index contributed by atoms with van der Waals surface area (Å²) >= 11 is 3.00. The molecule has 0 aliphatic carbocycles. The number of hydrogen-bond acceptors (Lipinski definition) is 14. The van der Waals surface area contributed by atoms with E-state index in [0.717, 1.165) is 160 Å². The molecule has 4 aliphatic rings. The Morgan fingerprint density at radius 1 is 0.548 bits per heavy atom. The number of imidazole rings is 2. The van der Waals surface area contributed by atoms with Crippen LogP contribution in [0.25, 0.3) is 34.1 Å². The minimum absolute atomic E-state index is 0.101. The monoisotopic (exact) mass is 1050 g/mol. The van der Waals surface area contributed by atoms with Gasteiger partial charge in [-0.3, -0.25) is 4.90 Å². The van der Waals surface area contributed by atoms with Gasteiger partial charge in [-0.15, -0.1) is 10.2 Å². The number of aliphatic hydroxyl groups excluding tert-OH is 2. The molecule has 380 valence electrons. The van der Waals surface area contributed by atoms with Gasteiger partial charge >= 0.3 is 0 Å². The SMILES string of the molecule is Fc1cccc([C@H]2CCCN2c2ccc3ncc(-c4cccc(N5CCNCC5)n4)n3n2)c1.OCCBr.OCCN1CCN(c2cccc(-c3cnc4ccc(N5CCC[C@@H]5c5cccc(F)c5)nn34)n2)CC1. The number of nitrogens with one attached hydrogen (secondary N) is 1. The molecule has 0 unspecified atom stereocenters. The lowest BCUT2D eigenvalue weighted by Crippen LogP contribution is -2.47. The van der Waals surface area contributed by atoms with Gasteiger partial charge in [0.15, 0.2) is 11.3 Å². The summed E-state index contributed by atoms with van der Waals surface area (Å²) in [6.07, 6.45) is 7.69. The van der Waals surface area contributed by atoms with Gasteiger partial charge in [0.05, 0.1) is 49.1 Å². The maximum absolute atomic E-state index is 13.9. The molecule has 2 atom stereocenters. The molecule has 0 amide bonds. The summed E-state index contributed by atoms with van der Waals surface area (Å²) in [7, 11) is 0. The number of β-amino-alcohol motifs (C(OH)–C–C–N with tert-alkyl or cyclic N) is 1. The molecule has 4 aliphatic heterocycles. The van der Waals surface area contributed by atoms with Crippen LogP contribution in [0.5, 0.6) is 0 Å². The van der Waals surface area contributed by atoms with Gasteiger partial charge in [-0.25, -0.2) is 37.7 Å². The van der Waals surface area contributed by atoms with E-state index in [1.54, 1.807) is 24.3 Å². The van der Waals surface area contributed by atoms with Crippen molar-refractivity contribution in [2.45, 2.75) is 37.8 Å². The summed E-state index contributed by atoms with van der Waals surface area (Å²) in [6, 6.07) is 34.2. The lowest BCUT2D eigenvalue weighted by Gasteiger charge is -2.35. The average molecular weight is 1060 g/mol. The number of nitrogens with zero attached hydrogens (tertiary/aromatic N) is 13. The van der Waals surface area contributed by atoms with Crippen LogP contribution in [-0.4, -0.2) is 145 Å². The van der Waals surface area contributed by atoms with Crippen LogP contribution in [0.2, 0.25) is 0 Å². The van der Waals surface area contributed by atoms with E-state index < -0.39 is 0 Å². The fraction of sp³-hybridized carbons (Fsp3) is 0.370. The summed E-state index contributed by atoms with van der Waals surface area (Å²) in [4.78, 5) is 30.4. The maximum atomic E-state index is 13.9. The number of halogens is 3. The van der Waals surface area contributed by atoms with Crippen LogP contribution in [-0.2, 0) is 0 Å². The van der Waals surface area contributed by atoms with E-state index in [4.69, 9.17) is 25.3 Å². The van der Waals surface area contributed by atoms with Crippen molar-refractivity contribution in [1.82, 2.24) is 49.4 Å². The Morgan fingerprint density at radius 2 is 1.03 bits per heavy atom. The minimum atomic E-state index is -0.208. The molecule has 19 heteroatoms. The van der Waals surface area contributed by atoms with Crippen LogP contribution in [0, 0.1) is 11.6 Å². The number of rotatable bonds is 11. The highest BCUT2D eigenvalue weighted by molar-refractivity contribution is 9.09. The van der Waals surface area contributed by atoms with Crippen molar-refractivity contribution in [3.05, 3.63) is 144 Å². The second kappa shape index (κ2) is 23.5. The zero-order chi connectivity index (χ0) is 50.1. The Balaban J connectivity index is 0.000000157. The second-order valence-electron chi connectivity index (χ2n) is 18.5. The first-order chi connectivity index (χ1) is 35.9. The summed E-state index contributed by atoms with van der Waals surface area (Å²) in [5, 5.41) is 31.0. The maximum Gasteiger partial charge on any atom is 0.154 e. The Morgan fingerprint density at radius 3 is 1.49 bits per heavy atom. The van der Waals surface area contributed by atoms with E-state index in [1.807, 2.05) is 88.2 Å². The highest BCUT2D eigenvalue weighted by atomic mass is 79.9. The predicted octanol–water partition coefficient (Wildman–Crippen LogP) is 7.44. The normalized spacial score (nSPS) is 18.3. The van der Waals surface area contributed by atoms with Crippen molar-refractivity contribution >= 4 is 50.5 Å². The first kappa shape index (κ1) is 49.9. The Bertz CT molecular complexity index is 3090. The van der Waals surface area contributed by atoms with Gasteiger partial charge < -0.3 is 35.1 Å². The van der Waals surface area contributed by atoms with E-state index in [1.165, 1.54) is 12.1 Å². The second-order valence-corrected chi connectivity index (χ2v) is 19.3. The molecule has 8 aromatic rings. The molecular formula is C54H61BrF2N14O2. The predicted molar refractivity (Wildman–Crippen MR) is 286 cm³/mol. The Kier molecular flexibility index (Phi) is 16.1. The lowest BCUT2D eigenvalue weighted by molar-refractivity contribution is 0.188. The molecule has 6 aromatic heterocycles. The van der Waals surface area contributed by atoms with Crippen LogP contribution in [0.15, 0.2) is 122 Å².